The van der Waals surface area contributed by atoms with E-state index in [0.29, 0.717) is 16.6 Å². The molecule has 0 saturated carbocycles. The minimum atomic E-state index is -0.569. The smallest absolute Gasteiger partial charge is 0.261 e. The van der Waals surface area contributed by atoms with Crippen LogP contribution >= 0.6 is 11.6 Å². The zero-order valence-corrected chi connectivity index (χ0v) is 13.5. The second-order valence-electron chi connectivity index (χ2n) is 5.33. The molecule has 0 spiro atoms. The van der Waals surface area contributed by atoms with E-state index >= 15 is 0 Å². The van der Waals surface area contributed by atoms with Crippen LogP contribution < -0.4 is 10.9 Å². The number of halogens is 2. The van der Waals surface area contributed by atoms with E-state index in [-0.39, 0.29) is 17.1 Å². The molecule has 0 fully saturated rings. The highest BCUT2D eigenvalue weighted by molar-refractivity contribution is 6.31. The Morgan fingerprint density at radius 3 is 2.88 bits per heavy atom. The molecule has 1 aromatic heterocycles. The number of hydrogen-bond donors (Lipinski definition) is 1. The third kappa shape index (κ3) is 3.14. The van der Waals surface area contributed by atoms with Gasteiger partial charge in [-0.1, -0.05) is 23.7 Å². The van der Waals surface area contributed by atoms with Crippen LogP contribution in [0.2, 0.25) is 5.02 Å². The molecular weight excluding hydrogens is 333 g/mol. The largest absolute Gasteiger partial charge is 0.324 e. The highest BCUT2D eigenvalue weighted by Gasteiger charge is 2.10. The van der Waals surface area contributed by atoms with Gasteiger partial charge < -0.3 is 5.32 Å². The van der Waals surface area contributed by atoms with Gasteiger partial charge >= 0.3 is 0 Å². The van der Waals surface area contributed by atoms with Crippen molar-refractivity contribution in [3.8, 4) is 0 Å². The van der Waals surface area contributed by atoms with Gasteiger partial charge in [-0.15, -0.1) is 0 Å². The van der Waals surface area contributed by atoms with Crippen molar-refractivity contribution < 1.29 is 9.18 Å². The van der Waals surface area contributed by atoms with E-state index in [2.05, 4.69) is 10.3 Å². The van der Waals surface area contributed by atoms with Crippen molar-refractivity contribution in [2.24, 2.45) is 0 Å². The predicted molar refractivity (Wildman–Crippen MR) is 90.8 cm³/mol. The van der Waals surface area contributed by atoms with E-state index in [0.717, 1.165) is 11.6 Å². The maximum Gasteiger partial charge on any atom is 0.261 e. The zero-order chi connectivity index (χ0) is 17.3. The number of nitrogens with one attached hydrogen (secondary N) is 1. The first kappa shape index (κ1) is 16.1. The van der Waals surface area contributed by atoms with Gasteiger partial charge in [0.1, 0.15) is 12.4 Å². The average molecular weight is 346 g/mol. The normalized spacial score (nSPS) is 10.8. The summed E-state index contributed by atoms with van der Waals surface area (Å²) >= 11 is 5.67. The summed E-state index contributed by atoms with van der Waals surface area (Å²) in [6.45, 7) is 1.66. The number of benzene rings is 2. The molecule has 0 radical (unpaired) electrons. The van der Waals surface area contributed by atoms with Crippen LogP contribution in [0.3, 0.4) is 0 Å². The monoisotopic (exact) mass is 345 g/mol. The molecule has 24 heavy (non-hydrogen) atoms. The predicted octanol–water partition coefficient (Wildman–Crippen LogP) is 3.14. The Labute approximate surface area is 141 Å². The van der Waals surface area contributed by atoms with Crippen LogP contribution in [0.4, 0.5) is 10.1 Å². The van der Waals surface area contributed by atoms with E-state index in [4.69, 9.17) is 11.6 Å². The maximum absolute atomic E-state index is 13.1. The van der Waals surface area contributed by atoms with Crippen LogP contribution in [-0.4, -0.2) is 15.5 Å². The van der Waals surface area contributed by atoms with Crippen molar-refractivity contribution in [1.29, 1.82) is 0 Å². The van der Waals surface area contributed by atoms with Crippen molar-refractivity contribution in [1.82, 2.24) is 9.55 Å². The first-order chi connectivity index (χ1) is 11.5. The Morgan fingerprint density at radius 2 is 2.12 bits per heavy atom. The lowest BCUT2D eigenvalue weighted by Gasteiger charge is -2.09. The molecule has 5 nitrogen and oxygen atoms in total. The van der Waals surface area contributed by atoms with Gasteiger partial charge in [-0.2, -0.15) is 0 Å². The summed E-state index contributed by atoms with van der Waals surface area (Å²) in [4.78, 5) is 28.8. The van der Waals surface area contributed by atoms with Crippen LogP contribution in [0.25, 0.3) is 10.9 Å². The summed E-state index contributed by atoms with van der Waals surface area (Å²) in [6, 6.07) is 9.16. The van der Waals surface area contributed by atoms with E-state index in [1.807, 2.05) is 13.0 Å². The molecule has 0 bridgehead atoms. The summed E-state index contributed by atoms with van der Waals surface area (Å²) < 4.78 is 14.3. The minimum Gasteiger partial charge on any atom is -0.324 e. The van der Waals surface area contributed by atoms with Gasteiger partial charge in [0.15, 0.2) is 0 Å². The Bertz CT molecular complexity index is 1000. The van der Waals surface area contributed by atoms with Crippen molar-refractivity contribution in [3.63, 3.8) is 0 Å². The molecule has 3 rings (SSSR count). The Morgan fingerprint density at radius 1 is 1.33 bits per heavy atom. The van der Waals surface area contributed by atoms with Gasteiger partial charge in [-0.3, -0.25) is 14.2 Å². The highest BCUT2D eigenvalue weighted by Crippen LogP contribution is 2.19. The number of nitrogens with zero attached hydrogens (tertiary/aromatic N) is 2. The topological polar surface area (TPSA) is 64.0 Å². The number of amides is 1. The Kier molecular flexibility index (Phi) is 4.31. The molecule has 0 aliphatic heterocycles. The summed E-state index contributed by atoms with van der Waals surface area (Å²) in [5.41, 5.74) is 1.56. The van der Waals surface area contributed by atoms with E-state index < -0.39 is 11.7 Å². The number of aryl methyl sites for hydroxylation is 1. The summed E-state index contributed by atoms with van der Waals surface area (Å²) in [7, 11) is 0. The average Bonchev–Trinajstić information content (AvgIpc) is 2.54. The number of rotatable bonds is 3. The Hall–Kier alpha value is -2.73. The summed E-state index contributed by atoms with van der Waals surface area (Å²) in [5.74, 6) is -1.01. The first-order valence-corrected chi connectivity index (χ1v) is 7.53. The number of fused-ring (bicyclic) bond motifs is 1. The summed E-state index contributed by atoms with van der Waals surface area (Å²) in [6.07, 6.45) is 1.34. The molecule has 0 unspecified atom stereocenters. The fourth-order valence-electron chi connectivity index (χ4n) is 2.38. The molecular formula is C17H13ClFN3O2. The van der Waals surface area contributed by atoms with Crippen LogP contribution in [0.1, 0.15) is 5.56 Å². The standard InChI is InChI=1S/C17H13ClFN3O2/c1-10-3-2-4-12-16(10)20-9-22(17(12)24)8-15(23)21-11-5-6-14(19)13(18)7-11/h2-7,9H,8H2,1H3,(H,21,23). The molecule has 7 heteroatoms. The lowest BCUT2D eigenvalue weighted by Crippen LogP contribution is -2.28. The summed E-state index contributed by atoms with van der Waals surface area (Å²) in [5, 5.41) is 2.93. The van der Waals surface area contributed by atoms with Gasteiger partial charge in [0, 0.05) is 5.69 Å². The number of carbonyl (C=O) groups is 1. The second-order valence-corrected chi connectivity index (χ2v) is 5.73. The van der Waals surface area contributed by atoms with Crippen LogP contribution in [0, 0.1) is 12.7 Å². The number of anilines is 1. The van der Waals surface area contributed by atoms with Gasteiger partial charge in [0.05, 0.1) is 22.3 Å². The lowest BCUT2D eigenvalue weighted by atomic mass is 10.1. The van der Waals surface area contributed by atoms with E-state index in [1.54, 1.807) is 12.1 Å². The fourth-order valence-corrected chi connectivity index (χ4v) is 2.56. The quantitative estimate of drug-likeness (QED) is 0.793. The van der Waals surface area contributed by atoms with Crippen molar-refractivity contribution in [2.45, 2.75) is 13.5 Å². The fraction of sp³-hybridized carbons (Fsp3) is 0.118. The lowest BCUT2D eigenvalue weighted by molar-refractivity contribution is -0.116. The molecule has 1 amide bonds. The SMILES string of the molecule is Cc1cccc2c(=O)n(CC(=O)Nc3ccc(F)c(Cl)c3)cnc12. The minimum absolute atomic E-state index is 0.0900. The van der Waals surface area contributed by atoms with E-state index in [1.165, 1.54) is 23.0 Å². The third-order valence-electron chi connectivity index (χ3n) is 3.57. The Balaban J connectivity index is 1.84. The van der Waals surface area contributed by atoms with E-state index in [9.17, 15) is 14.0 Å². The van der Waals surface area contributed by atoms with Crippen LogP contribution in [0.15, 0.2) is 47.5 Å². The zero-order valence-electron chi connectivity index (χ0n) is 12.7. The molecule has 0 aliphatic rings. The molecule has 122 valence electrons. The van der Waals surface area contributed by atoms with Gasteiger partial charge in [-0.25, -0.2) is 9.37 Å². The highest BCUT2D eigenvalue weighted by atomic mass is 35.5. The third-order valence-corrected chi connectivity index (χ3v) is 3.86. The van der Waals surface area contributed by atoms with Gasteiger partial charge in [0.2, 0.25) is 5.91 Å². The maximum atomic E-state index is 13.1. The van der Waals surface area contributed by atoms with Crippen LogP contribution in [0.5, 0.6) is 0 Å². The number of carbonyl (C=O) groups excluding carboxylic acids is 1. The molecule has 0 atom stereocenters. The van der Waals surface area contributed by atoms with Gasteiger partial charge in [0.25, 0.3) is 5.56 Å². The molecule has 0 saturated heterocycles. The molecule has 1 N–H and O–H groups in total. The molecule has 0 aliphatic carbocycles. The molecule has 1 heterocycles. The van der Waals surface area contributed by atoms with Gasteiger partial charge in [-0.05, 0) is 36.8 Å². The van der Waals surface area contributed by atoms with Crippen molar-refractivity contribution >= 4 is 34.1 Å². The number of para-hydroxylation sites is 1. The van der Waals surface area contributed by atoms with Crippen molar-refractivity contribution in [2.75, 3.05) is 5.32 Å². The molecule has 2 aromatic carbocycles. The number of hydrogen-bond acceptors (Lipinski definition) is 3. The van der Waals surface area contributed by atoms with Crippen LogP contribution in [-0.2, 0) is 11.3 Å². The first-order valence-electron chi connectivity index (χ1n) is 7.15. The second kappa shape index (κ2) is 6.41. The van der Waals surface area contributed by atoms with Crippen molar-refractivity contribution in [3.05, 3.63) is 69.5 Å². The molecule has 3 aromatic rings. The number of aromatic nitrogens is 2.